The van der Waals surface area contributed by atoms with Gasteiger partial charge in [0, 0.05) is 33.7 Å². The van der Waals surface area contributed by atoms with E-state index < -0.39 is 18.2 Å². The smallest absolute Gasteiger partial charge is 0.245 e. The van der Waals surface area contributed by atoms with Crippen LogP contribution in [0.1, 0.15) is 74.1 Å². The molecule has 232 valence electrons. The first-order chi connectivity index (χ1) is 18.8. The van der Waals surface area contributed by atoms with Gasteiger partial charge in [0.15, 0.2) is 0 Å². The van der Waals surface area contributed by atoms with E-state index in [1.54, 1.807) is 33.2 Å². The second-order valence-electron chi connectivity index (χ2n) is 12.0. The Balaban J connectivity index is 3.22. The number of hydrogen-bond donors (Lipinski definition) is 2. The molecule has 0 saturated carbocycles. The molecule has 0 spiro atoms. The molecular weight excluding hydrogens is 512 g/mol. The second kappa shape index (κ2) is 17.0. The number of ether oxygens (including phenoxy) is 2. The normalized spacial score (nSPS) is 20.9. The molecule has 1 aliphatic heterocycles. The van der Waals surface area contributed by atoms with Crippen molar-refractivity contribution in [3.63, 3.8) is 0 Å². The van der Waals surface area contributed by atoms with Crippen LogP contribution in [0.2, 0.25) is 0 Å². The molecule has 1 aliphatic rings. The van der Waals surface area contributed by atoms with Gasteiger partial charge in [0.1, 0.15) is 12.3 Å². The Labute approximate surface area is 242 Å². The summed E-state index contributed by atoms with van der Waals surface area (Å²) in [7, 11) is 6.62. The number of nitrogens with zero attached hydrogens (tertiary/aromatic N) is 2. The zero-order valence-corrected chi connectivity index (χ0v) is 26.7. The third-order valence-corrected chi connectivity index (χ3v) is 8.58. The van der Waals surface area contributed by atoms with E-state index in [0.717, 1.165) is 25.5 Å². The van der Waals surface area contributed by atoms with Crippen LogP contribution in [0.25, 0.3) is 0 Å². The molecule has 3 amide bonds. The number of carbonyl (C=O) groups is 4. The predicted molar refractivity (Wildman–Crippen MR) is 157 cm³/mol. The molecule has 1 saturated heterocycles. The molecule has 8 unspecified atom stereocenters. The summed E-state index contributed by atoms with van der Waals surface area (Å²) in [5.74, 6) is -0.879. The number of nitrogens with one attached hydrogen (secondary N) is 2. The Bertz CT molecular complexity index is 822. The molecular formula is C30H56N4O6. The summed E-state index contributed by atoms with van der Waals surface area (Å²) < 4.78 is 11.6. The Hall–Kier alpha value is -2.04. The minimum absolute atomic E-state index is 0.0344. The molecule has 2 N–H and O–H groups in total. The lowest BCUT2D eigenvalue weighted by molar-refractivity contribution is -0.147. The van der Waals surface area contributed by atoms with Gasteiger partial charge in [-0.1, -0.05) is 54.9 Å². The van der Waals surface area contributed by atoms with Crippen molar-refractivity contribution in [1.29, 1.82) is 0 Å². The maximum atomic E-state index is 13.9. The topological polar surface area (TPSA) is 117 Å². The molecule has 0 aromatic rings. The zero-order valence-electron chi connectivity index (χ0n) is 26.7. The molecule has 1 heterocycles. The highest BCUT2D eigenvalue weighted by atomic mass is 16.5. The zero-order chi connectivity index (χ0) is 30.7. The van der Waals surface area contributed by atoms with E-state index in [9.17, 15) is 19.2 Å². The maximum Gasteiger partial charge on any atom is 0.245 e. The first-order valence-corrected chi connectivity index (χ1v) is 14.9. The maximum absolute atomic E-state index is 13.9. The van der Waals surface area contributed by atoms with Crippen LogP contribution in [0.5, 0.6) is 0 Å². The van der Waals surface area contributed by atoms with E-state index in [1.807, 2.05) is 46.4 Å². The minimum Gasteiger partial charge on any atom is -0.379 e. The number of hydrogen-bond acceptors (Lipinski definition) is 7. The molecule has 0 radical (unpaired) electrons. The number of carbonyl (C=O) groups excluding carboxylic acids is 4. The van der Waals surface area contributed by atoms with Gasteiger partial charge in [-0.25, -0.2) is 0 Å². The van der Waals surface area contributed by atoms with Gasteiger partial charge in [0.2, 0.25) is 17.7 Å². The van der Waals surface area contributed by atoms with Gasteiger partial charge < -0.3 is 34.7 Å². The van der Waals surface area contributed by atoms with Gasteiger partial charge in [-0.2, -0.15) is 0 Å². The fourth-order valence-corrected chi connectivity index (χ4v) is 6.01. The Morgan fingerprint density at radius 1 is 1.02 bits per heavy atom. The van der Waals surface area contributed by atoms with Gasteiger partial charge in [-0.05, 0) is 37.6 Å². The number of likely N-dealkylation sites (N-methyl/N-ethyl adjacent to an activating group) is 2. The van der Waals surface area contributed by atoms with E-state index >= 15 is 0 Å². The Morgan fingerprint density at radius 3 is 2.08 bits per heavy atom. The number of rotatable bonds is 17. The van der Waals surface area contributed by atoms with Crippen LogP contribution in [-0.2, 0) is 28.7 Å². The van der Waals surface area contributed by atoms with Gasteiger partial charge in [0.25, 0.3) is 0 Å². The minimum atomic E-state index is -0.720. The molecule has 1 rings (SSSR count). The molecule has 0 bridgehead atoms. The number of aldehydes is 1. The molecule has 10 heteroatoms. The summed E-state index contributed by atoms with van der Waals surface area (Å²) in [4.78, 5) is 55.6. The largest absolute Gasteiger partial charge is 0.379 e. The van der Waals surface area contributed by atoms with E-state index in [-0.39, 0.29) is 66.0 Å². The van der Waals surface area contributed by atoms with Gasteiger partial charge in [-0.15, -0.1) is 0 Å². The van der Waals surface area contributed by atoms with Crippen LogP contribution in [0.4, 0.5) is 0 Å². The summed E-state index contributed by atoms with van der Waals surface area (Å²) in [6.45, 7) is 14.2. The van der Waals surface area contributed by atoms with Gasteiger partial charge in [-0.3, -0.25) is 14.4 Å². The fourth-order valence-electron chi connectivity index (χ4n) is 6.01. The van der Waals surface area contributed by atoms with E-state index in [0.29, 0.717) is 6.54 Å². The monoisotopic (exact) mass is 568 g/mol. The Kier molecular flexibility index (Phi) is 15.3. The molecule has 1 fully saturated rings. The predicted octanol–water partition coefficient (Wildman–Crippen LogP) is 2.49. The van der Waals surface area contributed by atoms with Crippen molar-refractivity contribution >= 4 is 24.0 Å². The second-order valence-corrected chi connectivity index (χ2v) is 12.0. The van der Waals surface area contributed by atoms with Crippen molar-refractivity contribution in [2.45, 2.75) is 111 Å². The summed E-state index contributed by atoms with van der Waals surface area (Å²) in [5.41, 5.74) is 0. The molecule has 0 aromatic heterocycles. The number of amides is 3. The van der Waals surface area contributed by atoms with Crippen LogP contribution >= 0.6 is 0 Å². The van der Waals surface area contributed by atoms with Crippen LogP contribution in [0, 0.1) is 23.7 Å². The summed E-state index contributed by atoms with van der Waals surface area (Å²) in [6.07, 6.45) is 2.43. The van der Waals surface area contributed by atoms with Crippen molar-refractivity contribution in [2.24, 2.45) is 23.7 Å². The first kappa shape index (κ1) is 36.0. The summed E-state index contributed by atoms with van der Waals surface area (Å²) in [6, 6.07) is -1.70. The van der Waals surface area contributed by atoms with Crippen LogP contribution in [0.3, 0.4) is 0 Å². The summed E-state index contributed by atoms with van der Waals surface area (Å²) in [5, 5.41) is 6.01. The molecule has 10 nitrogen and oxygen atoms in total. The van der Waals surface area contributed by atoms with E-state index in [1.165, 1.54) is 0 Å². The van der Waals surface area contributed by atoms with Crippen LogP contribution in [-0.4, -0.2) is 105 Å². The van der Waals surface area contributed by atoms with Crippen molar-refractivity contribution in [3.05, 3.63) is 0 Å². The highest BCUT2D eigenvalue weighted by Crippen LogP contribution is 2.29. The van der Waals surface area contributed by atoms with Gasteiger partial charge in [0.05, 0.1) is 36.8 Å². The molecule has 0 aromatic carbocycles. The average Bonchev–Trinajstić information content (AvgIpc) is 3.40. The summed E-state index contributed by atoms with van der Waals surface area (Å²) >= 11 is 0. The Morgan fingerprint density at radius 2 is 1.62 bits per heavy atom. The van der Waals surface area contributed by atoms with Crippen LogP contribution in [0.15, 0.2) is 0 Å². The van der Waals surface area contributed by atoms with Gasteiger partial charge >= 0.3 is 0 Å². The number of methoxy groups -OCH3 is 2. The van der Waals surface area contributed by atoms with Crippen molar-refractivity contribution in [1.82, 2.24) is 20.4 Å². The number of likely N-dealkylation sites (tertiary alicyclic amines) is 1. The highest BCUT2D eigenvalue weighted by molar-refractivity contribution is 5.90. The van der Waals surface area contributed by atoms with E-state index in [2.05, 4.69) is 17.6 Å². The third-order valence-electron chi connectivity index (χ3n) is 8.58. The third kappa shape index (κ3) is 8.98. The molecule has 8 atom stereocenters. The lowest BCUT2D eigenvalue weighted by atomic mass is 9.89. The van der Waals surface area contributed by atoms with Crippen molar-refractivity contribution < 1.29 is 28.7 Å². The van der Waals surface area contributed by atoms with E-state index in [4.69, 9.17) is 9.47 Å². The SMILES string of the molecule is CCC(C)C(C(CC(=O)N1CCCC1C(OC)C(C)C=O)OC)N(C)C(=O)C(NC(=O)C(NC)C(C)C)C(C)C. The lowest BCUT2D eigenvalue weighted by Crippen LogP contribution is -2.59. The standard InChI is InChI=1S/C30H56N4O6/c1-12-20(6)27(33(9)30(38)26(19(4)5)32-29(37)25(31-8)18(2)3)23(39-10)16-24(36)34-15-13-14-22(34)28(40-11)21(7)17-35/h17-23,25-28,31H,12-16H2,1-11H3,(H,32,37). The van der Waals surface area contributed by atoms with Crippen molar-refractivity contribution in [3.8, 4) is 0 Å². The highest BCUT2D eigenvalue weighted by Gasteiger charge is 2.41. The lowest BCUT2D eigenvalue weighted by Gasteiger charge is -2.41. The molecule has 40 heavy (non-hydrogen) atoms. The van der Waals surface area contributed by atoms with Crippen molar-refractivity contribution in [2.75, 3.05) is 34.9 Å². The average molecular weight is 569 g/mol. The van der Waals surface area contributed by atoms with Crippen LogP contribution < -0.4 is 10.6 Å². The fraction of sp³-hybridized carbons (Fsp3) is 0.867. The first-order valence-electron chi connectivity index (χ1n) is 14.9. The quantitative estimate of drug-likeness (QED) is 0.259. The molecule has 0 aliphatic carbocycles.